The molecule has 0 amide bonds. The molecule has 0 saturated carbocycles. The summed E-state index contributed by atoms with van der Waals surface area (Å²) in [7, 11) is -1.15. The van der Waals surface area contributed by atoms with Gasteiger partial charge in [-0.2, -0.15) is 5.10 Å². The summed E-state index contributed by atoms with van der Waals surface area (Å²) >= 11 is 6.04. The van der Waals surface area contributed by atoms with Gasteiger partial charge in [-0.3, -0.25) is 9.36 Å². The number of halogens is 2. The molecule has 6 rings (SSSR count). The molecule has 2 aliphatic heterocycles. The van der Waals surface area contributed by atoms with Crippen LogP contribution in [-0.2, 0) is 29.2 Å². The first-order valence-corrected chi connectivity index (χ1v) is 18.1. The number of nitrogens with zero attached hydrogens (tertiary/aromatic N) is 6. The molecule has 9 nitrogen and oxygen atoms in total. The lowest BCUT2D eigenvalue weighted by molar-refractivity contribution is 0.0390. The molecule has 5 heterocycles. The van der Waals surface area contributed by atoms with Crippen LogP contribution in [0.15, 0.2) is 41.5 Å². The number of pyridine rings is 1. The first-order chi connectivity index (χ1) is 19.7. The molecule has 0 N–H and O–H groups in total. The van der Waals surface area contributed by atoms with E-state index >= 15 is 4.39 Å². The first-order valence-electron chi connectivity index (χ1n) is 14.0. The molecular weight excluding hydrogens is 563 g/mol. The van der Waals surface area contributed by atoms with E-state index in [-0.39, 0.29) is 17.2 Å². The summed E-state index contributed by atoms with van der Waals surface area (Å²) in [6.45, 7) is 10.3. The van der Waals surface area contributed by atoms with Crippen LogP contribution in [0.4, 0.5) is 10.2 Å². The summed E-state index contributed by atoms with van der Waals surface area (Å²) in [5.74, 6) is 0.778. The van der Waals surface area contributed by atoms with Crippen LogP contribution < -0.4 is 10.5 Å². The second kappa shape index (κ2) is 11.3. The minimum Gasteiger partial charge on any atom is -0.370 e. The van der Waals surface area contributed by atoms with Gasteiger partial charge in [0.2, 0.25) is 0 Å². The first kappa shape index (κ1) is 28.0. The topological polar surface area (TPSA) is 87.3 Å². The van der Waals surface area contributed by atoms with Crippen molar-refractivity contribution in [1.29, 1.82) is 0 Å². The van der Waals surface area contributed by atoms with E-state index in [1.165, 1.54) is 6.07 Å². The molecule has 2 aliphatic rings. The number of rotatable bonds is 8. The van der Waals surface area contributed by atoms with Gasteiger partial charge >= 0.3 is 0 Å². The normalized spacial score (nSPS) is 17.4. The number of ether oxygens (including phenoxy) is 2. The summed E-state index contributed by atoms with van der Waals surface area (Å²) < 4.78 is 30.6. The zero-order valence-electron chi connectivity index (χ0n) is 23.6. The van der Waals surface area contributed by atoms with Gasteiger partial charge in [-0.1, -0.05) is 31.2 Å². The Kier molecular flexibility index (Phi) is 7.71. The van der Waals surface area contributed by atoms with Gasteiger partial charge < -0.3 is 14.4 Å². The van der Waals surface area contributed by atoms with Crippen molar-refractivity contribution in [3.63, 3.8) is 0 Å². The van der Waals surface area contributed by atoms with Crippen molar-refractivity contribution in [3.05, 3.63) is 69.2 Å². The molecular formula is C29H34ClFN6O3Si. The Balaban J connectivity index is 1.30. The van der Waals surface area contributed by atoms with E-state index < -0.39 is 13.9 Å². The Bertz CT molecular complexity index is 1650. The smallest absolute Gasteiger partial charge is 0.261 e. The van der Waals surface area contributed by atoms with Gasteiger partial charge in [0, 0.05) is 63.1 Å². The van der Waals surface area contributed by atoms with Gasteiger partial charge in [0.25, 0.3) is 5.56 Å². The van der Waals surface area contributed by atoms with Crippen molar-refractivity contribution in [2.45, 2.75) is 57.9 Å². The third-order valence-corrected chi connectivity index (χ3v) is 9.55. The fourth-order valence-corrected chi connectivity index (χ4v) is 6.23. The summed E-state index contributed by atoms with van der Waals surface area (Å²) in [6.07, 6.45) is 5.07. The molecule has 3 aromatic heterocycles. The number of anilines is 1. The molecule has 41 heavy (non-hydrogen) atoms. The van der Waals surface area contributed by atoms with E-state index in [2.05, 4.69) is 29.6 Å². The highest BCUT2D eigenvalue weighted by Crippen LogP contribution is 2.33. The minimum absolute atomic E-state index is 0.123. The zero-order chi connectivity index (χ0) is 28.7. The molecule has 1 aromatic carbocycles. The maximum absolute atomic E-state index is 15.2. The fourth-order valence-electron chi connectivity index (χ4n) is 5.31. The van der Waals surface area contributed by atoms with Gasteiger partial charge in [0.15, 0.2) is 0 Å². The third-order valence-electron chi connectivity index (χ3n) is 7.61. The van der Waals surface area contributed by atoms with Crippen molar-refractivity contribution in [3.8, 4) is 11.3 Å². The maximum atomic E-state index is 15.2. The van der Waals surface area contributed by atoms with E-state index in [1.807, 2.05) is 6.20 Å². The summed E-state index contributed by atoms with van der Waals surface area (Å²) in [5.41, 5.74) is 1.82. The number of hydrogen-bond donors (Lipinski definition) is 0. The molecule has 1 saturated heterocycles. The quantitative estimate of drug-likeness (QED) is 0.202. The largest absolute Gasteiger partial charge is 0.370 e. The van der Waals surface area contributed by atoms with Crippen molar-refractivity contribution < 1.29 is 13.9 Å². The van der Waals surface area contributed by atoms with E-state index in [4.69, 9.17) is 31.0 Å². The third kappa shape index (κ3) is 5.94. The summed E-state index contributed by atoms with van der Waals surface area (Å²) in [4.78, 5) is 25.3. The highest BCUT2D eigenvalue weighted by molar-refractivity contribution is 6.76. The predicted molar refractivity (Wildman–Crippen MR) is 160 cm³/mol. The van der Waals surface area contributed by atoms with Crippen LogP contribution in [-0.4, -0.2) is 58.7 Å². The second-order valence-corrected chi connectivity index (χ2v) is 18.0. The number of aryl methyl sites for hydroxylation is 1. The highest BCUT2D eigenvalue weighted by Gasteiger charge is 2.27. The Morgan fingerprint density at radius 1 is 1.20 bits per heavy atom. The summed E-state index contributed by atoms with van der Waals surface area (Å²) in [6, 6.07) is 7.36. The predicted octanol–water partition coefficient (Wildman–Crippen LogP) is 5.28. The van der Waals surface area contributed by atoms with Gasteiger partial charge in [-0.05, 0) is 36.7 Å². The summed E-state index contributed by atoms with van der Waals surface area (Å²) in [5, 5.41) is 5.18. The molecule has 216 valence electrons. The standard InChI is InChI=1S/C29H34ClFN6O3Si/c1-41(2,3)12-11-39-18-36-16-19(15-32-36)24-17-35(9-10-40-24)26-14-22-28(33-25-5-4-8-37(25)29(22)38)27(34-26)21-7-6-20(30)13-23(21)31/h6-7,13-16,24H,4-5,8-12,17-18H2,1-3H3/t24-/m1/s1. The molecule has 0 spiro atoms. The van der Waals surface area contributed by atoms with Crippen LogP contribution in [0, 0.1) is 5.82 Å². The van der Waals surface area contributed by atoms with E-state index in [0.717, 1.165) is 24.6 Å². The van der Waals surface area contributed by atoms with Crippen LogP contribution >= 0.6 is 11.6 Å². The zero-order valence-corrected chi connectivity index (χ0v) is 25.3. The number of morpholine rings is 1. The van der Waals surface area contributed by atoms with E-state index in [0.29, 0.717) is 72.7 Å². The average Bonchev–Trinajstić information content (AvgIpc) is 3.61. The molecule has 4 aromatic rings. The number of fused-ring (bicyclic) bond motifs is 2. The Morgan fingerprint density at radius 2 is 2.05 bits per heavy atom. The molecule has 1 atom stereocenters. The lowest BCUT2D eigenvalue weighted by atomic mass is 10.1. The lowest BCUT2D eigenvalue weighted by Crippen LogP contribution is -2.39. The second-order valence-electron chi connectivity index (χ2n) is 11.9. The average molecular weight is 597 g/mol. The van der Waals surface area contributed by atoms with E-state index in [9.17, 15) is 4.79 Å². The molecule has 0 aliphatic carbocycles. The SMILES string of the molecule is C[Si](C)(C)CCOCn1cc([C@H]2CN(c3cc4c(=O)n5c(nc4c(-c4ccc(Cl)cc4F)n3)CCC5)CCO2)cn1. The van der Waals surface area contributed by atoms with Gasteiger partial charge in [-0.25, -0.2) is 19.0 Å². The number of aromatic nitrogens is 5. The Labute approximate surface area is 243 Å². The molecule has 0 unspecified atom stereocenters. The van der Waals surface area contributed by atoms with Crippen molar-refractivity contribution in [1.82, 2.24) is 24.3 Å². The van der Waals surface area contributed by atoms with Crippen LogP contribution in [0.5, 0.6) is 0 Å². The maximum Gasteiger partial charge on any atom is 0.261 e. The monoisotopic (exact) mass is 596 g/mol. The van der Waals surface area contributed by atoms with E-state index in [1.54, 1.807) is 33.6 Å². The van der Waals surface area contributed by atoms with Gasteiger partial charge in [0.05, 0.1) is 18.2 Å². The van der Waals surface area contributed by atoms with Crippen molar-refractivity contribution >= 4 is 36.4 Å². The van der Waals surface area contributed by atoms with Gasteiger partial charge in [-0.15, -0.1) is 0 Å². The van der Waals surface area contributed by atoms with Crippen LogP contribution in [0.25, 0.3) is 22.2 Å². The molecule has 1 fully saturated rings. The molecule has 0 bridgehead atoms. The van der Waals surface area contributed by atoms with Crippen molar-refractivity contribution in [2.75, 3.05) is 31.2 Å². The minimum atomic E-state index is -1.15. The van der Waals surface area contributed by atoms with Crippen LogP contribution in [0.2, 0.25) is 30.7 Å². The Hall–Kier alpha value is -3.12. The number of hydrogen-bond acceptors (Lipinski definition) is 7. The molecule has 0 radical (unpaired) electrons. The Morgan fingerprint density at radius 3 is 2.85 bits per heavy atom. The van der Waals surface area contributed by atoms with Crippen molar-refractivity contribution in [2.24, 2.45) is 0 Å². The van der Waals surface area contributed by atoms with Crippen LogP contribution in [0.1, 0.15) is 23.9 Å². The highest BCUT2D eigenvalue weighted by atomic mass is 35.5. The molecule has 12 heteroatoms. The fraction of sp³-hybridized carbons (Fsp3) is 0.448. The number of benzene rings is 1. The van der Waals surface area contributed by atoms with Gasteiger partial charge in [0.1, 0.15) is 41.5 Å². The lowest BCUT2D eigenvalue weighted by Gasteiger charge is -2.33. The van der Waals surface area contributed by atoms with Crippen LogP contribution in [0.3, 0.4) is 0 Å².